The molecule has 3 aromatic rings. The Hall–Kier alpha value is -3.28. The van der Waals surface area contributed by atoms with E-state index in [9.17, 15) is 9.18 Å². The molecular formula is C22H19FN4O. The number of rotatable bonds is 2. The highest BCUT2D eigenvalue weighted by molar-refractivity contribution is 5.88. The van der Waals surface area contributed by atoms with Gasteiger partial charge in [0.25, 0.3) is 0 Å². The van der Waals surface area contributed by atoms with E-state index in [1.807, 2.05) is 31.2 Å². The summed E-state index contributed by atoms with van der Waals surface area (Å²) in [6.07, 6.45) is 3.97. The van der Waals surface area contributed by atoms with Crippen LogP contribution in [0.1, 0.15) is 35.1 Å². The number of allylic oxidation sites excluding steroid dienone is 2. The normalized spacial score (nSPS) is 23.4. The summed E-state index contributed by atoms with van der Waals surface area (Å²) in [5.74, 6) is 0.0695. The monoisotopic (exact) mass is 374 g/mol. The molecule has 0 bridgehead atoms. The Kier molecular flexibility index (Phi) is 3.86. The number of benzene rings is 2. The van der Waals surface area contributed by atoms with Crippen molar-refractivity contribution in [1.82, 2.24) is 14.8 Å². The van der Waals surface area contributed by atoms with Gasteiger partial charge in [0.05, 0.1) is 12.0 Å². The summed E-state index contributed by atoms with van der Waals surface area (Å²) in [7, 11) is 0. The van der Waals surface area contributed by atoms with Crippen LogP contribution in [0.15, 0.2) is 66.6 Å². The second-order valence-corrected chi connectivity index (χ2v) is 7.44. The molecule has 1 aliphatic carbocycles. The number of hydrogen-bond acceptors (Lipinski definition) is 4. The molecule has 140 valence electrons. The molecule has 5 nitrogen and oxygen atoms in total. The average molecular weight is 374 g/mol. The van der Waals surface area contributed by atoms with Gasteiger partial charge in [0.1, 0.15) is 17.9 Å². The third kappa shape index (κ3) is 2.72. The number of halogens is 1. The lowest BCUT2D eigenvalue weighted by Gasteiger charge is -2.38. The standard InChI is InChI=1S/C22H19FN4O/c1-13-2-4-15(5-3-13)21-20-18(26-22-24-12-25-27(21)22)10-16(11-19(20)28)14-6-8-17(23)9-7-14/h2-10,12,16,20-21H,11H2,1H3,(H,24,25,26)/t16-,20+,21+/m0/s1. The molecule has 2 aliphatic rings. The second kappa shape index (κ2) is 6.41. The molecule has 0 saturated carbocycles. The molecule has 1 aliphatic heterocycles. The lowest BCUT2D eigenvalue weighted by Crippen LogP contribution is -2.40. The maximum Gasteiger partial charge on any atom is 0.226 e. The van der Waals surface area contributed by atoms with Crippen LogP contribution < -0.4 is 5.32 Å². The van der Waals surface area contributed by atoms with Crippen LogP contribution >= 0.6 is 0 Å². The van der Waals surface area contributed by atoms with Gasteiger partial charge < -0.3 is 5.32 Å². The summed E-state index contributed by atoms with van der Waals surface area (Å²) in [6.45, 7) is 2.04. The van der Waals surface area contributed by atoms with E-state index in [4.69, 9.17) is 0 Å². The predicted octanol–water partition coefficient (Wildman–Crippen LogP) is 4.00. The highest BCUT2D eigenvalue weighted by atomic mass is 19.1. The lowest BCUT2D eigenvalue weighted by molar-refractivity contribution is -0.123. The molecular weight excluding hydrogens is 355 g/mol. The Balaban J connectivity index is 1.60. The van der Waals surface area contributed by atoms with Gasteiger partial charge in [-0.1, -0.05) is 48.0 Å². The fourth-order valence-electron chi connectivity index (χ4n) is 4.20. The predicted molar refractivity (Wildman–Crippen MR) is 103 cm³/mol. The van der Waals surface area contributed by atoms with E-state index in [0.717, 1.165) is 16.8 Å². The first-order chi connectivity index (χ1) is 13.6. The SMILES string of the molecule is Cc1ccc([C@@H]2[C@H]3C(=O)C[C@@H](c4ccc(F)cc4)C=C3Nc3ncnn32)cc1. The minimum atomic E-state index is -0.339. The van der Waals surface area contributed by atoms with Crippen molar-refractivity contribution in [3.63, 3.8) is 0 Å². The highest BCUT2D eigenvalue weighted by Gasteiger charge is 2.43. The Morgan fingerprint density at radius 1 is 1.07 bits per heavy atom. The molecule has 0 fully saturated rings. The van der Waals surface area contributed by atoms with Gasteiger partial charge in [0.15, 0.2) is 0 Å². The summed E-state index contributed by atoms with van der Waals surface area (Å²) < 4.78 is 15.1. The average Bonchev–Trinajstić information content (AvgIpc) is 3.16. The number of aryl methyl sites for hydroxylation is 1. The largest absolute Gasteiger partial charge is 0.328 e. The number of nitrogens with one attached hydrogen (secondary N) is 1. The minimum absolute atomic E-state index is 0.0833. The minimum Gasteiger partial charge on any atom is -0.328 e. The summed E-state index contributed by atoms with van der Waals surface area (Å²) in [4.78, 5) is 17.6. The molecule has 6 heteroatoms. The van der Waals surface area contributed by atoms with Crippen molar-refractivity contribution >= 4 is 11.7 Å². The van der Waals surface area contributed by atoms with Gasteiger partial charge in [-0.2, -0.15) is 10.1 Å². The van der Waals surface area contributed by atoms with Crippen LogP contribution in [-0.2, 0) is 4.79 Å². The number of carbonyl (C=O) groups excluding carboxylic acids is 1. The smallest absolute Gasteiger partial charge is 0.226 e. The van der Waals surface area contributed by atoms with E-state index in [1.165, 1.54) is 24.0 Å². The van der Waals surface area contributed by atoms with Crippen LogP contribution in [0.5, 0.6) is 0 Å². The van der Waals surface area contributed by atoms with Crippen molar-refractivity contribution < 1.29 is 9.18 Å². The summed E-state index contributed by atoms with van der Waals surface area (Å²) in [5, 5.41) is 7.66. The maximum absolute atomic E-state index is 13.3. The number of carbonyl (C=O) groups is 1. The third-order valence-corrected chi connectivity index (χ3v) is 5.61. The zero-order chi connectivity index (χ0) is 19.3. The Labute approximate surface area is 161 Å². The molecule has 3 atom stereocenters. The number of hydrogen-bond donors (Lipinski definition) is 1. The molecule has 0 unspecified atom stereocenters. The van der Waals surface area contributed by atoms with Gasteiger partial charge in [0, 0.05) is 18.0 Å². The van der Waals surface area contributed by atoms with Gasteiger partial charge in [-0.05, 0) is 30.2 Å². The molecule has 0 saturated heterocycles. The van der Waals surface area contributed by atoms with Gasteiger partial charge in [-0.25, -0.2) is 9.07 Å². The van der Waals surface area contributed by atoms with Gasteiger partial charge >= 0.3 is 0 Å². The highest BCUT2D eigenvalue weighted by Crippen LogP contribution is 2.43. The van der Waals surface area contributed by atoms with Crippen LogP contribution in [0.3, 0.4) is 0 Å². The van der Waals surface area contributed by atoms with E-state index in [0.29, 0.717) is 12.4 Å². The van der Waals surface area contributed by atoms with Gasteiger partial charge in [-0.15, -0.1) is 0 Å². The molecule has 0 radical (unpaired) electrons. The topological polar surface area (TPSA) is 59.8 Å². The first-order valence-electron chi connectivity index (χ1n) is 9.33. The second-order valence-electron chi connectivity index (χ2n) is 7.44. The lowest BCUT2D eigenvalue weighted by atomic mass is 9.75. The van der Waals surface area contributed by atoms with Crippen molar-refractivity contribution in [3.8, 4) is 0 Å². The van der Waals surface area contributed by atoms with Crippen LogP contribution in [0.2, 0.25) is 0 Å². The zero-order valence-electron chi connectivity index (χ0n) is 15.3. The number of aromatic nitrogens is 3. The summed E-state index contributed by atoms with van der Waals surface area (Å²) in [6, 6.07) is 14.3. The van der Waals surface area contributed by atoms with E-state index in [2.05, 4.69) is 21.5 Å². The number of Topliss-reactive ketones (excluding diaryl/α,β-unsaturated/α-hetero) is 1. The molecule has 1 aromatic heterocycles. The van der Waals surface area contributed by atoms with Crippen molar-refractivity contribution in [2.24, 2.45) is 5.92 Å². The van der Waals surface area contributed by atoms with Gasteiger partial charge in [-0.3, -0.25) is 4.79 Å². The van der Waals surface area contributed by atoms with Crippen molar-refractivity contribution in [1.29, 1.82) is 0 Å². The van der Waals surface area contributed by atoms with Gasteiger partial charge in [0.2, 0.25) is 5.95 Å². The third-order valence-electron chi connectivity index (χ3n) is 5.61. The fourth-order valence-corrected chi connectivity index (χ4v) is 4.20. The van der Waals surface area contributed by atoms with E-state index in [-0.39, 0.29) is 29.5 Å². The van der Waals surface area contributed by atoms with E-state index in [1.54, 1.807) is 16.8 Å². The van der Waals surface area contributed by atoms with Crippen molar-refractivity contribution in [3.05, 3.63) is 89.1 Å². The Bertz CT molecular complexity index is 1070. The fraction of sp³-hybridized carbons (Fsp3) is 0.227. The molecule has 1 N–H and O–H groups in total. The van der Waals surface area contributed by atoms with Crippen LogP contribution in [0.4, 0.5) is 10.3 Å². The summed E-state index contributed by atoms with van der Waals surface area (Å²) >= 11 is 0. The number of fused-ring (bicyclic) bond motifs is 2. The maximum atomic E-state index is 13.3. The van der Waals surface area contributed by atoms with Crippen molar-refractivity contribution in [2.75, 3.05) is 5.32 Å². The quantitative estimate of drug-likeness (QED) is 0.737. The number of nitrogens with zero attached hydrogens (tertiary/aromatic N) is 3. The van der Waals surface area contributed by atoms with Crippen molar-refractivity contribution in [2.45, 2.75) is 25.3 Å². The number of ketones is 1. The zero-order valence-corrected chi connectivity index (χ0v) is 15.3. The first-order valence-corrected chi connectivity index (χ1v) is 9.33. The molecule has 2 aromatic carbocycles. The molecule has 2 heterocycles. The van der Waals surface area contributed by atoms with E-state index >= 15 is 0 Å². The first kappa shape index (κ1) is 16.9. The molecule has 0 amide bonds. The Morgan fingerprint density at radius 2 is 1.79 bits per heavy atom. The number of anilines is 1. The Morgan fingerprint density at radius 3 is 2.54 bits per heavy atom. The summed E-state index contributed by atoms with van der Waals surface area (Å²) in [5.41, 5.74) is 3.97. The van der Waals surface area contributed by atoms with Crippen LogP contribution in [-0.4, -0.2) is 20.5 Å². The van der Waals surface area contributed by atoms with Crippen LogP contribution in [0.25, 0.3) is 0 Å². The molecule has 0 spiro atoms. The van der Waals surface area contributed by atoms with Crippen LogP contribution in [0, 0.1) is 18.7 Å². The van der Waals surface area contributed by atoms with E-state index < -0.39 is 0 Å². The molecule has 5 rings (SSSR count). The molecule has 28 heavy (non-hydrogen) atoms.